The molecule has 14 heteroatoms. The summed E-state index contributed by atoms with van der Waals surface area (Å²) in [5.74, 6) is -0.708. The van der Waals surface area contributed by atoms with Gasteiger partial charge in [-0.15, -0.1) is 18.3 Å². The first-order valence-corrected chi connectivity index (χ1v) is 12.2. The smallest absolute Gasteiger partial charge is 0.449 e. The Kier molecular flexibility index (Phi) is 10.1. The molecule has 11 nitrogen and oxygen atoms in total. The predicted octanol–water partition coefficient (Wildman–Crippen LogP) is 3.95. The molecule has 0 spiro atoms. The lowest BCUT2D eigenvalue weighted by atomic mass is 10.2. The van der Waals surface area contributed by atoms with E-state index in [1.54, 1.807) is 18.3 Å². The first kappa shape index (κ1) is 29.2. The van der Waals surface area contributed by atoms with Crippen molar-refractivity contribution in [2.75, 3.05) is 11.9 Å². The van der Waals surface area contributed by atoms with Crippen LogP contribution in [0.5, 0.6) is 5.75 Å². The molecule has 2 aromatic heterocycles. The number of amides is 2. The van der Waals surface area contributed by atoms with E-state index in [2.05, 4.69) is 25.7 Å². The summed E-state index contributed by atoms with van der Waals surface area (Å²) < 4.78 is 49.0. The summed E-state index contributed by atoms with van der Waals surface area (Å²) in [4.78, 5) is 36.4. The lowest BCUT2D eigenvalue weighted by Gasteiger charge is -2.10. The number of nitrogens with one attached hydrogen (secondary N) is 2. The Morgan fingerprint density at radius 3 is 2.59 bits per heavy atom. The molecule has 210 valence electrons. The van der Waals surface area contributed by atoms with E-state index in [9.17, 15) is 27.6 Å². The zero-order valence-corrected chi connectivity index (χ0v) is 21.4. The van der Waals surface area contributed by atoms with Crippen LogP contribution in [0, 0.1) is 5.92 Å². The van der Waals surface area contributed by atoms with Crippen LogP contribution < -0.4 is 20.9 Å². The standard InChI is InChI=1S/C25H29F3N6O5/c1-17(2)16-38-24(37)30-19-8-11-33(22(35)13-19)9-3-4-10-34-15-21(31-32-34)23(36)29-14-18-6-5-7-20(12-18)39-25(26,27)28/h5-8,11-13,15,17H,3-4,9-10,14,16H2,1-2H3,(H,29,36)(H,30,37). The van der Waals surface area contributed by atoms with Gasteiger partial charge >= 0.3 is 12.5 Å². The summed E-state index contributed by atoms with van der Waals surface area (Å²) in [6.07, 6.45) is -1.09. The maximum absolute atomic E-state index is 12.4. The highest BCUT2D eigenvalue weighted by molar-refractivity contribution is 5.91. The highest BCUT2D eigenvalue weighted by Crippen LogP contribution is 2.23. The molecule has 3 aromatic rings. The van der Waals surface area contributed by atoms with Crippen molar-refractivity contribution in [3.63, 3.8) is 0 Å². The largest absolute Gasteiger partial charge is 0.573 e. The van der Waals surface area contributed by atoms with Crippen molar-refractivity contribution in [3.05, 3.63) is 70.4 Å². The molecule has 2 N–H and O–H groups in total. The average Bonchev–Trinajstić information content (AvgIpc) is 3.33. The second kappa shape index (κ2) is 13.4. The van der Waals surface area contributed by atoms with Gasteiger partial charge in [0.05, 0.1) is 18.5 Å². The molecule has 3 rings (SSSR count). The van der Waals surface area contributed by atoms with Crippen LogP contribution in [0.25, 0.3) is 0 Å². The third-order valence-corrected chi connectivity index (χ3v) is 5.18. The Balaban J connectivity index is 1.41. The van der Waals surface area contributed by atoms with E-state index in [1.165, 1.54) is 39.7 Å². The number of nitrogens with zero attached hydrogens (tertiary/aromatic N) is 4. The van der Waals surface area contributed by atoms with Crippen LogP contribution in [0.3, 0.4) is 0 Å². The molecule has 0 bridgehead atoms. The Bertz CT molecular complexity index is 1320. The van der Waals surface area contributed by atoms with Crippen molar-refractivity contribution in [2.24, 2.45) is 5.92 Å². The van der Waals surface area contributed by atoms with Gasteiger partial charge in [-0.05, 0) is 42.5 Å². The number of halogens is 3. The first-order chi connectivity index (χ1) is 18.5. The zero-order chi connectivity index (χ0) is 28.4. The van der Waals surface area contributed by atoms with Crippen molar-refractivity contribution in [2.45, 2.75) is 52.7 Å². The van der Waals surface area contributed by atoms with E-state index in [-0.39, 0.29) is 36.1 Å². The van der Waals surface area contributed by atoms with Crippen LogP contribution in [0.15, 0.2) is 53.6 Å². The Labute approximate surface area is 221 Å². The van der Waals surface area contributed by atoms with Crippen molar-refractivity contribution in [1.29, 1.82) is 0 Å². The molecule has 39 heavy (non-hydrogen) atoms. The van der Waals surface area contributed by atoms with Gasteiger partial charge in [-0.3, -0.25) is 19.6 Å². The lowest BCUT2D eigenvalue weighted by molar-refractivity contribution is -0.274. The normalized spacial score (nSPS) is 11.3. The number of ether oxygens (including phenoxy) is 2. The SMILES string of the molecule is CC(C)COC(=O)Nc1ccn(CCCCn2cc(C(=O)NCc3cccc(OC(F)(F)F)c3)nn2)c(=O)c1. The molecule has 2 amide bonds. The molecule has 0 atom stereocenters. The van der Waals surface area contributed by atoms with Gasteiger partial charge in [-0.25, -0.2) is 4.79 Å². The number of pyridine rings is 1. The van der Waals surface area contributed by atoms with Gasteiger partial charge in [0.15, 0.2) is 5.69 Å². The number of unbranched alkanes of at least 4 members (excludes halogenated alkanes) is 1. The second-order valence-electron chi connectivity index (χ2n) is 9.02. The third kappa shape index (κ3) is 10.1. The van der Waals surface area contributed by atoms with E-state index >= 15 is 0 Å². The van der Waals surface area contributed by atoms with Gasteiger partial charge in [-0.1, -0.05) is 31.2 Å². The summed E-state index contributed by atoms with van der Waals surface area (Å²) in [5.41, 5.74) is 0.555. The van der Waals surface area contributed by atoms with Crippen LogP contribution in [0.4, 0.5) is 23.7 Å². The minimum absolute atomic E-state index is 0.0249. The summed E-state index contributed by atoms with van der Waals surface area (Å²) in [6.45, 7) is 4.98. The Morgan fingerprint density at radius 1 is 1.10 bits per heavy atom. The molecule has 0 saturated carbocycles. The van der Waals surface area contributed by atoms with Crippen molar-refractivity contribution in [3.8, 4) is 5.75 Å². The second-order valence-corrected chi connectivity index (χ2v) is 9.02. The van der Waals surface area contributed by atoms with Crippen molar-refractivity contribution >= 4 is 17.7 Å². The molecular weight excluding hydrogens is 521 g/mol. The van der Waals surface area contributed by atoms with Crippen LogP contribution in [0.2, 0.25) is 0 Å². The molecule has 0 aliphatic rings. The summed E-state index contributed by atoms with van der Waals surface area (Å²) in [6, 6.07) is 8.22. The molecule has 2 heterocycles. The fourth-order valence-electron chi connectivity index (χ4n) is 3.36. The maximum Gasteiger partial charge on any atom is 0.573 e. The Hall–Kier alpha value is -4.36. The molecule has 0 aliphatic carbocycles. The minimum Gasteiger partial charge on any atom is -0.449 e. The van der Waals surface area contributed by atoms with Gasteiger partial charge in [0.2, 0.25) is 0 Å². The molecule has 0 unspecified atom stereocenters. The fraction of sp³-hybridized carbons (Fsp3) is 0.400. The van der Waals surface area contributed by atoms with Crippen LogP contribution in [0.1, 0.15) is 42.7 Å². The van der Waals surface area contributed by atoms with E-state index < -0.39 is 18.4 Å². The quantitative estimate of drug-likeness (QED) is 0.327. The van der Waals surface area contributed by atoms with Crippen LogP contribution in [-0.2, 0) is 24.4 Å². The fourth-order valence-corrected chi connectivity index (χ4v) is 3.36. The average molecular weight is 551 g/mol. The third-order valence-electron chi connectivity index (χ3n) is 5.18. The van der Waals surface area contributed by atoms with Crippen molar-refractivity contribution < 1.29 is 32.2 Å². The molecule has 0 fully saturated rings. The van der Waals surface area contributed by atoms with E-state index in [1.807, 2.05) is 13.8 Å². The molecular formula is C25H29F3N6O5. The number of rotatable bonds is 12. The molecule has 0 saturated heterocycles. The zero-order valence-electron chi connectivity index (χ0n) is 21.4. The minimum atomic E-state index is -4.80. The number of anilines is 1. The topological polar surface area (TPSA) is 129 Å². The van der Waals surface area contributed by atoms with Crippen molar-refractivity contribution in [1.82, 2.24) is 24.9 Å². The first-order valence-electron chi connectivity index (χ1n) is 12.2. The summed E-state index contributed by atoms with van der Waals surface area (Å²) in [7, 11) is 0. The van der Waals surface area contributed by atoms with Gasteiger partial charge < -0.3 is 19.4 Å². The number of aryl methyl sites for hydroxylation is 2. The molecule has 0 aliphatic heterocycles. The highest BCUT2D eigenvalue weighted by Gasteiger charge is 2.31. The molecule has 1 aromatic carbocycles. The monoisotopic (exact) mass is 550 g/mol. The Morgan fingerprint density at radius 2 is 1.87 bits per heavy atom. The van der Waals surface area contributed by atoms with Gasteiger partial charge in [0.1, 0.15) is 5.75 Å². The summed E-state index contributed by atoms with van der Waals surface area (Å²) in [5, 5.41) is 12.8. The van der Waals surface area contributed by atoms with E-state index in [0.717, 1.165) is 0 Å². The van der Waals surface area contributed by atoms with Gasteiger partial charge in [-0.2, -0.15) is 0 Å². The van der Waals surface area contributed by atoms with Gasteiger partial charge in [0, 0.05) is 31.9 Å². The number of benzene rings is 1. The van der Waals surface area contributed by atoms with Crippen LogP contribution in [-0.4, -0.2) is 44.5 Å². The molecule has 0 radical (unpaired) electrons. The maximum atomic E-state index is 12.4. The predicted molar refractivity (Wildman–Crippen MR) is 134 cm³/mol. The number of carbonyl (C=O) groups excluding carboxylic acids is 2. The van der Waals surface area contributed by atoms with E-state index in [0.29, 0.717) is 37.2 Å². The van der Waals surface area contributed by atoms with Gasteiger partial charge in [0.25, 0.3) is 11.5 Å². The summed E-state index contributed by atoms with van der Waals surface area (Å²) >= 11 is 0. The number of carbonyl (C=O) groups is 2. The lowest BCUT2D eigenvalue weighted by Crippen LogP contribution is -2.23. The number of hydrogen-bond donors (Lipinski definition) is 2. The number of alkyl halides is 3. The highest BCUT2D eigenvalue weighted by atomic mass is 19.4. The number of hydrogen-bond acceptors (Lipinski definition) is 7. The van der Waals surface area contributed by atoms with E-state index in [4.69, 9.17) is 4.74 Å². The number of aromatic nitrogens is 4. The van der Waals surface area contributed by atoms with Crippen LogP contribution >= 0.6 is 0 Å².